The van der Waals surface area contributed by atoms with Crippen molar-refractivity contribution in [1.29, 1.82) is 0 Å². The Hall–Kier alpha value is -0.490. The van der Waals surface area contributed by atoms with E-state index in [2.05, 4.69) is 17.2 Å². The van der Waals surface area contributed by atoms with E-state index in [-0.39, 0.29) is 6.10 Å². The fourth-order valence-electron chi connectivity index (χ4n) is 1.94. The lowest BCUT2D eigenvalue weighted by molar-refractivity contribution is 0.111. The van der Waals surface area contributed by atoms with Crippen molar-refractivity contribution < 1.29 is 9.47 Å². The van der Waals surface area contributed by atoms with Crippen molar-refractivity contribution in [2.24, 2.45) is 0 Å². The molecule has 1 atom stereocenters. The van der Waals surface area contributed by atoms with Crippen molar-refractivity contribution in [2.45, 2.75) is 39.0 Å². The van der Waals surface area contributed by atoms with Gasteiger partial charge in [-0.2, -0.15) is 0 Å². The molecule has 2 rings (SSSR count). The Bertz CT molecular complexity index is 348. The Labute approximate surface area is 106 Å². The van der Waals surface area contributed by atoms with Crippen LogP contribution < -0.4 is 5.32 Å². The van der Waals surface area contributed by atoms with Gasteiger partial charge in [-0.15, -0.1) is 11.3 Å². The molecule has 1 aromatic heterocycles. The fraction of sp³-hybridized carbons (Fsp3) is 0.750. The van der Waals surface area contributed by atoms with Gasteiger partial charge in [0.25, 0.3) is 0 Å². The van der Waals surface area contributed by atoms with Gasteiger partial charge in [-0.05, 0) is 19.4 Å². The molecule has 96 valence electrons. The van der Waals surface area contributed by atoms with Gasteiger partial charge in [-0.1, -0.05) is 6.92 Å². The highest BCUT2D eigenvalue weighted by Gasteiger charge is 2.23. The summed E-state index contributed by atoms with van der Waals surface area (Å²) in [6.45, 7) is 5.41. The van der Waals surface area contributed by atoms with Gasteiger partial charge in [0.05, 0.1) is 12.3 Å². The van der Waals surface area contributed by atoms with Crippen LogP contribution in [0.2, 0.25) is 0 Å². The van der Waals surface area contributed by atoms with Crippen molar-refractivity contribution >= 4 is 11.3 Å². The van der Waals surface area contributed by atoms with Crippen molar-refractivity contribution in [3.05, 3.63) is 15.6 Å². The Morgan fingerprint density at radius 2 is 2.47 bits per heavy atom. The topological polar surface area (TPSA) is 43.4 Å². The third-order valence-electron chi connectivity index (χ3n) is 2.82. The Balaban J connectivity index is 2.11. The Kier molecular flexibility index (Phi) is 4.91. The number of methoxy groups -OCH3 is 1. The molecular weight excluding hydrogens is 236 g/mol. The highest BCUT2D eigenvalue weighted by atomic mass is 32.1. The molecule has 17 heavy (non-hydrogen) atoms. The minimum atomic E-state index is 0.214. The molecule has 1 unspecified atom stereocenters. The van der Waals surface area contributed by atoms with Crippen molar-refractivity contribution in [3.8, 4) is 0 Å². The molecule has 0 aliphatic carbocycles. The molecule has 2 heterocycles. The first-order valence-corrected chi connectivity index (χ1v) is 6.96. The van der Waals surface area contributed by atoms with E-state index in [0.29, 0.717) is 6.61 Å². The number of ether oxygens (including phenoxy) is 2. The molecule has 1 aliphatic heterocycles. The van der Waals surface area contributed by atoms with Crippen LogP contribution in [0.25, 0.3) is 0 Å². The summed E-state index contributed by atoms with van der Waals surface area (Å²) in [5.41, 5.74) is 1.06. The third-order valence-corrected chi connectivity index (χ3v) is 4.01. The first kappa shape index (κ1) is 13.0. The number of nitrogens with zero attached hydrogens (tertiary/aromatic N) is 1. The summed E-state index contributed by atoms with van der Waals surface area (Å²) in [5.74, 6) is 0. The molecule has 0 radical (unpaired) electrons. The van der Waals surface area contributed by atoms with Gasteiger partial charge < -0.3 is 14.8 Å². The second-order valence-electron chi connectivity index (χ2n) is 4.14. The molecule has 4 nitrogen and oxygen atoms in total. The molecule has 0 bridgehead atoms. The normalized spacial score (nSPS) is 20.0. The highest BCUT2D eigenvalue weighted by molar-refractivity contribution is 7.11. The van der Waals surface area contributed by atoms with Gasteiger partial charge in [-0.25, -0.2) is 4.98 Å². The highest BCUT2D eigenvalue weighted by Crippen LogP contribution is 2.33. The lowest BCUT2D eigenvalue weighted by Crippen LogP contribution is -2.12. The summed E-state index contributed by atoms with van der Waals surface area (Å²) in [4.78, 5) is 5.94. The van der Waals surface area contributed by atoms with Crippen LogP contribution in [0, 0.1) is 0 Å². The maximum Gasteiger partial charge on any atom is 0.122 e. The van der Waals surface area contributed by atoms with Gasteiger partial charge in [0, 0.05) is 25.1 Å². The standard InChI is InChI=1S/C12H20N2O2S/c1-3-13-7-11-9(8-15-2)14-12(17-11)10-5-4-6-16-10/h10,13H,3-8H2,1-2H3. The third kappa shape index (κ3) is 3.25. The SMILES string of the molecule is CCNCc1sc(C2CCCO2)nc1COC. The quantitative estimate of drug-likeness (QED) is 0.848. The molecule has 0 saturated carbocycles. The number of nitrogens with one attached hydrogen (secondary N) is 1. The largest absolute Gasteiger partial charge is 0.378 e. The first-order valence-electron chi connectivity index (χ1n) is 6.15. The average Bonchev–Trinajstić information content (AvgIpc) is 2.95. The van der Waals surface area contributed by atoms with Gasteiger partial charge >= 0.3 is 0 Å². The predicted molar refractivity (Wildman–Crippen MR) is 68.1 cm³/mol. The molecule has 1 saturated heterocycles. The molecule has 1 aliphatic rings. The molecular formula is C12H20N2O2S. The average molecular weight is 256 g/mol. The molecule has 0 aromatic carbocycles. The van der Waals surface area contributed by atoms with Gasteiger partial charge in [0.2, 0.25) is 0 Å². The van der Waals surface area contributed by atoms with E-state index in [4.69, 9.17) is 9.47 Å². The summed E-state index contributed by atoms with van der Waals surface area (Å²) in [5, 5.41) is 4.45. The summed E-state index contributed by atoms with van der Waals surface area (Å²) >= 11 is 1.76. The van der Waals surface area contributed by atoms with E-state index in [1.807, 2.05) is 0 Å². The second kappa shape index (κ2) is 6.44. The Morgan fingerprint density at radius 1 is 1.59 bits per heavy atom. The van der Waals surface area contributed by atoms with Crippen molar-refractivity contribution in [2.75, 3.05) is 20.3 Å². The van der Waals surface area contributed by atoms with Crippen LogP contribution in [0.15, 0.2) is 0 Å². The maximum atomic E-state index is 5.68. The predicted octanol–water partition coefficient (Wildman–Crippen LogP) is 2.25. The van der Waals surface area contributed by atoms with Crippen molar-refractivity contribution in [1.82, 2.24) is 10.3 Å². The minimum absolute atomic E-state index is 0.214. The van der Waals surface area contributed by atoms with Crippen LogP contribution in [-0.4, -0.2) is 25.2 Å². The number of thiazole rings is 1. The summed E-state index contributed by atoms with van der Waals surface area (Å²) in [7, 11) is 1.71. The van der Waals surface area contributed by atoms with Crippen LogP contribution >= 0.6 is 11.3 Å². The lowest BCUT2D eigenvalue weighted by Gasteiger charge is -2.03. The summed E-state index contributed by atoms with van der Waals surface area (Å²) < 4.78 is 10.9. The zero-order valence-electron chi connectivity index (χ0n) is 10.5. The zero-order chi connectivity index (χ0) is 12.1. The van der Waals surface area contributed by atoms with E-state index in [9.17, 15) is 0 Å². The smallest absolute Gasteiger partial charge is 0.122 e. The number of rotatable bonds is 6. The summed E-state index contributed by atoms with van der Waals surface area (Å²) in [6, 6.07) is 0. The van der Waals surface area contributed by atoms with E-state index in [1.165, 1.54) is 4.88 Å². The van der Waals surface area contributed by atoms with Gasteiger partial charge in [0.1, 0.15) is 11.1 Å². The van der Waals surface area contributed by atoms with Crippen molar-refractivity contribution in [3.63, 3.8) is 0 Å². The molecule has 0 amide bonds. The maximum absolute atomic E-state index is 5.68. The second-order valence-corrected chi connectivity index (χ2v) is 5.25. The lowest BCUT2D eigenvalue weighted by atomic mass is 10.2. The van der Waals surface area contributed by atoms with Crippen LogP contribution in [0.1, 0.15) is 41.4 Å². The van der Waals surface area contributed by atoms with E-state index < -0.39 is 0 Å². The number of hydrogen-bond donors (Lipinski definition) is 1. The first-order chi connectivity index (χ1) is 8.35. The van der Waals surface area contributed by atoms with Crippen LogP contribution in [-0.2, 0) is 22.6 Å². The Morgan fingerprint density at radius 3 is 3.12 bits per heavy atom. The van der Waals surface area contributed by atoms with Gasteiger partial charge in [-0.3, -0.25) is 0 Å². The molecule has 1 N–H and O–H groups in total. The van der Waals surface area contributed by atoms with Gasteiger partial charge in [0.15, 0.2) is 0 Å². The fourth-order valence-corrected chi connectivity index (χ4v) is 3.06. The van der Waals surface area contributed by atoms with E-state index >= 15 is 0 Å². The van der Waals surface area contributed by atoms with E-state index in [1.54, 1.807) is 18.4 Å². The van der Waals surface area contributed by atoms with Crippen LogP contribution in [0.5, 0.6) is 0 Å². The minimum Gasteiger partial charge on any atom is -0.378 e. The zero-order valence-corrected chi connectivity index (χ0v) is 11.3. The van der Waals surface area contributed by atoms with Crippen LogP contribution in [0.3, 0.4) is 0 Å². The molecule has 0 spiro atoms. The monoisotopic (exact) mass is 256 g/mol. The van der Waals surface area contributed by atoms with Crippen LogP contribution in [0.4, 0.5) is 0 Å². The molecule has 1 aromatic rings. The number of aromatic nitrogens is 1. The van der Waals surface area contributed by atoms with E-state index in [0.717, 1.165) is 43.2 Å². The molecule has 5 heteroatoms. The summed E-state index contributed by atoms with van der Waals surface area (Å²) in [6.07, 6.45) is 2.46. The molecule has 1 fully saturated rings. The number of hydrogen-bond acceptors (Lipinski definition) is 5.